The van der Waals surface area contributed by atoms with Crippen molar-refractivity contribution in [1.82, 2.24) is 10.2 Å². The number of rotatable bonds is 6. The highest BCUT2D eigenvalue weighted by atomic mass is 16.5. The number of likely N-dealkylation sites (tertiary alicyclic amines) is 1. The van der Waals surface area contributed by atoms with E-state index >= 15 is 0 Å². The van der Waals surface area contributed by atoms with Crippen LogP contribution in [0, 0.1) is 5.92 Å². The second-order valence-electron chi connectivity index (χ2n) is 4.80. The zero-order valence-electron chi connectivity index (χ0n) is 10.8. The predicted octanol–water partition coefficient (Wildman–Crippen LogP) is 0.314. The molecular formula is C12H26N2O2. The van der Waals surface area contributed by atoms with Gasteiger partial charge >= 0.3 is 0 Å². The van der Waals surface area contributed by atoms with Gasteiger partial charge in [0.25, 0.3) is 0 Å². The molecule has 3 unspecified atom stereocenters. The van der Waals surface area contributed by atoms with Gasteiger partial charge in [0.15, 0.2) is 0 Å². The summed E-state index contributed by atoms with van der Waals surface area (Å²) in [6.07, 6.45) is 0.821. The molecule has 0 amide bonds. The van der Waals surface area contributed by atoms with E-state index in [0.29, 0.717) is 18.6 Å². The maximum absolute atomic E-state index is 9.67. The third-order valence-electron chi connectivity index (χ3n) is 3.28. The van der Waals surface area contributed by atoms with Crippen molar-refractivity contribution in [2.75, 3.05) is 39.9 Å². The van der Waals surface area contributed by atoms with Gasteiger partial charge in [-0.15, -0.1) is 0 Å². The summed E-state index contributed by atoms with van der Waals surface area (Å²) >= 11 is 0. The molecule has 0 aromatic carbocycles. The molecule has 2 N–H and O–H groups in total. The van der Waals surface area contributed by atoms with Crippen LogP contribution in [0.3, 0.4) is 0 Å². The van der Waals surface area contributed by atoms with Crippen molar-refractivity contribution < 1.29 is 9.84 Å². The fraction of sp³-hybridized carbons (Fsp3) is 1.00. The number of hydrogen-bond donors (Lipinski definition) is 2. The first kappa shape index (κ1) is 13.9. The third kappa shape index (κ3) is 4.37. The van der Waals surface area contributed by atoms with Gasteiger partial charge in [-0.2, -0.15) is 0 Å². The molecule has 1 aliphatic rings. The van der Waals surface area contributed by atoms with E-state index < -0.39 is 0 Å². The molecule has 4 heteroatoms. The summed E-state index contributed by atoms with van der Waals surface area (Å²) in [5.74, 6) is 0.656. The van der Waals surface area contributed by atoms with E-state index in [0.717, 1.165) is 26.2 Å². The first-order valence-corrected chi connectivity index (χ1v) is 6.30. The topological polar surface area (TPSA) is 44.7 Å². The number of nitrogens with one attached hydrogen (secondary N) is 1. The average Bonchev–Trinajstić information content (AvgIpc) is 2.22. The summed E-state index contributed by atoms with van der Waals surface area (Å²) in [7, 11) is 1.63. The summed E-state index contributed by atoms with van der Waals surface area (Å²) in [4.78, 5) is 2.34. The SMILES string of the molecule is CCNC1CCN(CC(O)COC)CC1C. The molecule has 0 aromatic heterocycles. The van der Waals surface area contributed by atoms with Gasteiger partial charge in [-0.25, -0.2) is 0 Å². The molecular weight excluding hydrogens is 204 g/mol. The summed E-state index contributed by atoms with van der Waals surface area (Å²) in [6.45, 7) is 8.78. The highest BCUT2D eigenvalue weighted by Crippen LogP contribution is 2.16. The first-order chi connectivity index (χ1) is 7.67. The standard InChI is InChI=1S/C12H26N2O2/c1-4-13-12-5-6-14(7-10(12)2)8-11(15)9-16-3/h10-13,15H,4-9H2,1-3H3. The van der Waals surface area contributed by atoms with Crippen LogP contribution in [0.2, 0.25) is 0 Å². The smallest absolute Gasteiger partial charge is 0.0900 e. The molecule has 0 spiro atoms. The molecule has 1 rings (SSSR count). The van der Waals surface area contributed by atoms with Crippen molar-refractivity contribution in [1.29, 1.82) is 0 Å². The highest BCUT2D eigenvalue weighted by molar-refractivity contribution is 4.83. The fourth-order valence-electron chi connectivity index (χ4n) is 2.51. The lowest BCUT2D eigenvalue weighted by Gasteiger charge is -2.38. The Morgan fingerprint density at radius 2 is 2.31 bits per heavy atom. The maximum Gasteiger partial charge on any atom is 0.0900 e. The molecule has 1 aliphatic heterocycles. The second-order valence-corrected chi connectivity index (χ2v) is 4.80. The number of nitrogens with zero attached hydrogens (tertiary/aromatic N) is 1. The number of hydrogen-bond acceptors (Lipinski definition) is 4. The third-order valence-corrected chi connectivity index (χ3v) is 3.28. The summed E-state index contributed by atoms with van der Waals surface area (Å²) in [6, 6.07) is 0.640. The Bertz CT molecular complexity index is 190. The van der Waals surface area contributed by atoms with Crippen LogP contribution in [0.15, 0.2) is 0 Å². The Morgan fingerprint density at radius 1 is 1.56 bits per heavy atom. The maximum atomic E-state index is 9.67. The van der Waals surface area contributed by atoms with Gasteiger partial charge in [-0.1, -0.05) is 13.8 Å². The van der Waals surface area contributed by atoms with Crippen LogP contribution >= 0.6 is 0 Å². The molecule has 1 heterocycles. The van der Waals surface area contributed by atoms with E-state index in [2.05, 4.69) is 24.1 Å². The van der Waals surface area contributed by atoms with E-state index in [1.807, 2.05) is 0 Å². The highest BCUT2D eigenvalue weighted by Gasteiger charge is 2.26. The van der Waals surface area contributed by atoms with E-state index in [4.69, 9.17) is 4.74 Å². The molecule has 0 saturated carbocycles. The van der Waals surface area contributed by atoms with Crippen molar-refractivity contribution in [3.63, 3.8) is 0 Å². The van der Waals surface area contributed by atoms with E-state index in [1.165, 1.54) is 6.42 Å². The molecule has 0 radical (unpaired) electrons. The quantitative estimate of drug-likeness (QED) is 0.689. The van der Waals surface area contributed by atoms with Gasteiger partial charge in [0.1, 0.15) is 0 Å². The van der Waals surface area contributed by atoms with Crippen molar-refractivity contribution in [2.45, 2.75) is 32.4 Å². The van der Waals surface area contributed by atoms with Crippen molar-refractivity contribution in [3.8, 4) is 0 Å². The summed E-state index contributed by atoms with van der Waals surface area (Å²) < 4.78 is 4.94. The van der Waals surface area contributed by atoms with E-state index in [-0.39, 0.29) is 6.10 Å². The Morgan fingerprint density at radius 3 is 2.88 bits per heavy atom. The number of β-amino-alcohol motifs (C(OH)–C–C–N with tert-alkyl or cyclic N) is 1. The monoisotopic (exact) mass is 230 g/mol. The Labute approximate surface area is 99.0 Å². The predicted molar refractivity (Wildman–Crippen MR) is 65.6 cm³/mol. The minimum Gasteiger partial charge on any atom is -0.389 e. The van der Waals surface area contributed by atoms with E-state index in [1.54, 1.807) is 7.11 Å². The summed E-state index contributed by atoms with van der Waals surface area (Å²) in [5.41, 5.74) is 0. The lowest BCUT2D eigenvalue weighted by molar-refractivity contribution is 0.0240. The number of methoxy groups -OCH3 is 1. The molecule has 4 nitrogen and oxygen atoms in total. The van der Waals surface area contributed by atoms with Gasteiger partial charge in [-0.05, 0) is 25.4 Å². The average molecular weight is 230 g/mol. The van der Waals surface area contributed by atoms with Crippen LogP contribution in [0.5, 0.6) is 0 Å². The van der Waals surface area contributed by atoms with Crippen molar-refractivity contribution >= 4 is 0 Å². The molecule has 1 fully saturated rings. The van der Waals surface area contributed by atoms with Crippen LogP contribution in [-0.4, -0.2) is 62.0 Å². The molecule has 96 valence electrons. The van der Waals surface area contributed by atoms with Gasteiger partial charge in [0.2, 0.25) is 0 Å². The molecule has 0 aromatic rings. The molecule has 0 bridgehead atoms. The zero-order chi connectivity index (χ0) is 12.0. The normalized spacial score (nSPS) is 29.2. The van der Waals surface area contributed by atoms with Crippen LogP contribution in [0.1, 0.15) is 20.3 Å². The van der Waals surface area contributed by atoms with E-state index in [9.17, 15) is 5.11 Å². The van der Waals surface area contributed by atoms with Gasteiger partial charge in [-0.3, -0.25) is 0 Å². The Balaban J connectivity index is 2.28. The Hall–Kier alpha value is -0.160. The lowest BCUT2D eigenvalue weighted by Crippen LogP contribution is -2.50. The number of piperidine rings is 1. The molecule has 16 heavy (non-hydrogen) atoms. The molecule has 0 aliphatic carbocycles. The van der Waals surface area contributed by atoms with Crippen LogP contribution in [0.4, 0.5) is 0 Å². The lowest BCUT2D eigenvalue weighted by atomic mass is 9.93. The number of aliphatic hydroxyl groups is 1. The molecule has 3 atom stereocenters. The van der Waals surface area contributed by atoms with Gasteiger partial charge < -0.3 is 20.1 Å². The van der Waals surface area contributed by atoms with Gasteiger partial charge in [0.05, 0.1) is 12.7 Å². The second kappa shape index (κ2) is 7.22. The number of aliphatic hydroxyl groups excluding tert-OH is 1. The van der Waals surface area contributed by atoms with Crippen molar-refractivity contribution in [2.24, 2.45) is 5.92 Å². The van der Waals surface area contributed by atoms with Crippen molar-refractivity contribution in [3.05, 3.63) is 0 Å². The zero-order valence-corrected chi connectivity index (χ0v) is 10.8. The van der Waals surface area contributed by atoms with Gasteiger partial charge in [0, 0.05) is 26.2 Å². The van der Waals surface area contributed by atoms with Crippen LogP contribution < -0.4 is 5.32 Å². The van der Waals surface area contributed by atoms with Crippen LogP contribution in [0.25, 0.3) is 0 Å². The fourth-order valence-corrected chi connectivity index (χ4v) is 2.51. The molecule has 1 saturated heterocycles. The Kier molecular flexibility index (Phi) is 6.28. The largest absolute Gasteiger partial charge is 0.389 e. The van der Waals surface area contributed by atoms with Crippen LogP contribution in [-0.2, 0) is 4.74 Å². The first-order valence-electron chi connectivity index (χ1n) is 6.30. The number of ether oxygens (including phenoxy) is 1. The minimum atomic E-state index is -0.354. The summed E-state index contributed by atoms with van der Waals surface area (Å²) in [5, 5.41) is 13.2. The minimum absolute atomic E-state index is 0.354.